The van der Waals surface area contributed by atoms with E-state index in [-0.39, 0.29) is 67.5 Å². The molecule has 0 unspecified atom stereocenters. The van der Waals surface area contributed by atoms with E-state index >= 15 is 0 Å². The monoisotopic (exact) mass is 856 g/mol. The first-order valence-electron chi connectivity index (χ1n) is 22.6. The van der Waals surface area contributed by atoms with E-state index in [4.69, 9.17) is 9.47 Å². The zero-order valence-corrected chi connectivity index (χ0v) is 37.4. The number of carbonyl (C=O) groups excluding carboxylic acids is 5. The minimum atomic E-state index is -2.48. The van der Waals surface area contributed by atoms with Gasteiger partial charge in [0, 0.05) is 43.6 Å². The number of piperidine rings is 1. The maximum Gasteiger partial charge on any atom is 0.329 e. The molecule has 342 valence electrons. The Labute approximate surface area is 362 Å². The summed E-state index contributed by atoms with van der Waals surface area (Å²) in [5.41, 5.74) is 1.10. The third kappa shape index (κ3) is 13.8. The summed E-state index contributed by atoms with van der Waals surface area (Å²) in [5, 5.41) is 54.4. The highest BCUT2D eigenvalue weighted by Gasteiger charge is 2.53. The summed E-state index contributed by atoms with van der Waals surface area (Å²) < 4.78 is 12.2. The SMILES string of the molecule is C/C1=C\[C@@H](C)C(=O)C[C@@H]([C@H](C)C[C@H]2CC[C@H](O)[C@@H](O)C2)OC(=O)[C@@H]2CCCCN2C(=O)C(=O)[C@]2(O)O[C@@H](CC[C@H]2C)C[C@H](O)/C(C)=C/C=C/C=C/[C@@H](C)C[C@@H](C)C(=O)C[C@@H]1O. The Kier molecular flexibility index (Phi) is 18.8. The molecule has 61 heavy (non-hydrogen) atoms. The molecule has 4 rings (SSSR count). The molecule has 3 heterocycles. The lowest BCUT2D eigenvalue weighted by Gasteiger charge is -2.42. The maximum atomic E-state index is 14.2. The number of hydrogen-bond donors (Lipinski definition) is 5. The van der Waals surface area contributed by atoms with Gasteiger partial charge in [0.15, 0.2) is 0 Å². The predicted molar refractivity (Wildman–Crippen MR) is 229 cm³/mol. The third-order valence-electron chi connectivity index (χ3n) is 13.6. The van der Waals surface area contributed by atoms with Crippen LogP contribution in [0.3, 0.4) is 0 Å². The van der Waals surface area contributed by atoms with E-state index in [0.29, 0.717) is 68.9 Å². The number of Topliss-reactive ketones (excluding diaryl/α,β-unsaturated/α-hetero) is 3. The van der Waals surface area contributed by atoms with Gasteiger partial charge >= 0.3 is 5.97 Å². The number of esters is 1. The molecule has 5 N–H and O–H groups in total. The van der Waals surface area contributed by atoms with Crippen molar-refractivity contribution in [1.82, 2.24) is 4.90 Å². The van der Waals surface area contributed by atoms with Crippen molar-refractivity contribution in [3.05, 3.63) is 47.6 Å². The summed E-state index contributed by atoms with van der Waals surface area (Å²) in [4.78, 5) is 70.5. The fraction of sp³-hybridized carbons (Fsp3) is 0.729. The third-order valence-corrected chi connectivity index (χ3v) is 13.6. The molecule has 13 heteroatoms. The Bertz CT molecular complexity index is 1670. The Morgan fingerprint density at radius 2 is 1.51 bits per heavy atom. The van der Waals surface area contributed by atoms with Crippen molar-refractivity contribution in [3.8, 4) is 0 Å². The van der Waals surface area contributed by atoms with Crippen LogP contribution in [-0.4, -0.2) is 115 Å². The van der Waals surface area contributed by atoms with E-state index < -0.39 is 77.9 Å². The van der Waals surface area contributed by atoms with Gasteiger partial charge in [0.05, 0.1) is 30.5 Å². The highest BCUT2D eigenvalue weighted by molar-refractivity contribution is 6.39. The zero-order valence-electron chi connectivity index (χ0n) is 37.4. The first-order valence-corrected chi connectivity index (χ1v) is 22.6. The second-order valence-corrected chi connectivity index (χ2v) is 18.9. The molecule has 0 aromatic rings. The van der Waals surface area contributed by atoms with Crippen molar-refractivity contribution in [1.29, 1.82) is 0 Å². The van der Waals surface area contributed by atoms with Gasteiger partial charge in [0.25, 0.3) is 11.7 Å². The quantitative estimate of drug-likeness (QED) is 0.140. The number of fused-ring (bicyclic) bond motifs is 3. The summed E-state index contributed by atoms with van der Waals surface area (Å²) in [7, 11) is 0. The number of amides is 1. The van der Waals surface area contributed by atoms with Crippen molar-refractivity contribution in [2.24, 2.45) is 35.5 Å². The number of allylic oxidation sites excluding steroid dienone is 6. The molecule has 0 aromatic heterocycles. The molecule has 0 spiro atoms. The number of carbonyl (C=O) groups is 5. The lowest BCUT2D eigenvalue weighted by atomic mass is 9.78. The first kappa shape index (κ1) is 50.3. The van der Waals surface area contributed by atoms with Gasteiger partial charge < -0.3 is 39.9 Å². The fourth-order valence-electron chi connectivity index (χ4n) is 9.28. The molecule has 2 bridgehead atoms. The van der Waals surface area contributed by atoms with Crippen molar-refractivity contribution in [2.75, 3.05) is 6.54 Å². The van der Waals surface area contributed by atoms with Crippen LogP contribution in [0.2, 0.25) is 0 Å². The lowest BCUT2D eigenvalue weighted by Crippen LogP contribution is -2.61. The maximum absolute atomic E-state index is 14.2. The summed E-state index contributed by atoms with van der Waals surface area (Å²) >= 11 is 0. The molecule has 2 saturated heterocycles. The van der Waals surface area contributed by atoms with E-state index in [1.54, 1.807) is 45.9 Å². The van der Waals surface area contributed by atoms with Crippen LogP contribution in [0, 0.1) is 35.5 Å². The summed E-state index contributed by atoms with van der Waals surface area (Å²) in [5.74, 6) is -7.98. The number of aliphatic hydroxyl groups excluding tert-OH is 4. The van der Waals surface area contributed by atoms with Gasteiger partial charge in [-0.05, 0) is 107 Å². The van der Waals surface area contributed by atoms with Crippen LogP contribution in [0.5, 0.6) is 0 Å². The van der Waals surface area contributed by atoms with Crippen molar-refractivity contribution in [3.63, 3.8) is 0 Å². The van der Waals surface area contributed by atoms with Gasteiger partial charge in [-0.15, -0.1) is 0 Å². The van der Waals surface area contributed by atoms with E-state index in [9.17, 15) is 49.5 Å². The summed E-state index contributed by atoms with van der Waals surface area (Å²) in [6.45, 7) is 12.5. The predicted octanol–water partition coefficient (Wildman–Crippen LogP) is 5.25. The van der Waals surface area contributed by atoms with Crippen LogP contribution in [-0.2, 0) is 33.4 Å². The molecule has 14 atom stereocenters. The van der Waals surface area contributed by atoms with E-state index in [1.165, 1.54) is 0 Å². The first-order chi connectivity index (χ1) is 28.7. The number of ether oxygens (including phenoxy) is 2. The van der Waals surface area contributed by atoms with Gasteiger partial charge in [0.2, 0.25) is 5.79 Å². The van der Waals surface area contributed by atoms with E-state index in [2.05, 4.69) is 0 Å². The second kappa shape index (κ2) is 22.9. The second-order valence-electron chi connectivity index (χ2n) is 18.9. The lowest BCUT2D eigenvalue weighted by molar-refractivity contribution is -0.265. The minimum absolute atomic E-state index is 0.00391. The van der Waals surface area contributed by atoms with Crippen LogP contribution >= 0.6 is 0 Å². The van der Waals surface area contributed by atoms with Crippen LogP contribution in [0.25, 0.3) is 0 Å². The average Bonchev–Trinajstić information content (AvgIpc) is 3.21. The van der Waals surface area contributed by atoms with Crippen molar-refractivity contribution in [2.45, 2.75) is 180 Å². The molecule has 1 saturated carbocycles. The molecular formula is C48H73NO12. The summed E-state index contributed by atoms with van der Waals surface area (Å²) in [6, 6.07) is -1.16. The number of aliphatic hydroxyl groups is 5. The molecule has 13 nitrogen and oxygen atoms in total. The number of cyclic esters (lactones) is 1. The Morgan fingerprint density at radius 3 is 2.21 bits per heavy atom. The molecule has 1 aliphatic carbocycles. The van der Waals surface area contributed by atoms with Crippen LogP contribution in [0.4, 0.5) is 0 Å². The minimum Gasteiger partial charge on any atom is -0.460 e. The standard InChI is InChI=1S/C48H73NO12/c1-28-13-9-8-10-14-29(2)39(51)25-36-18-16-34(7)48(59,61-36)45(56)46(57)49-20-12-11-15-37(49)47(58)60-44(33(6)23-35-17-19-38(50)43(55)24-35)27-42(54)32(5)22-31(4)41(53)26-40(52)30(3)21-28/h8-10,13-14,22,28,30,32-39,41,43-44,50-51,53,55,59H,11-12,15-21,23-27H2,1-7H3/b10-8+,13-9+,29-14+,31-22+/t28-,30-,32-,33-,34-,35-,36+,37+,38+,39+,41+,43+,44+,48-/m1/s1. The normalized spacial score (nSPS) is 41.0. The molecule has 3 aliphatic heterocycles. The topological polar surface area (TPSA) is 208 Å². The van der Waals surface area contributed by atoms with Gasteiger partial charge in [-0.1, -0.05) is 71.1 Å². The van der Waals surface area contributed by atoms with Crippen molar-refractivity contribution < 1.29 is 59.0 Å². The highest BCUT2D eigenvalue weighted by atomic mass is 16.6. The van der Waals surface area contributed by atoms with Crippen LogP contribution < -0.4 is 0 Å². The Balaban J connectivity index is 1.65. The Hall–Kier alpha value is -3.33. The number of hydrogen-bond acceptors (Lipinski definition) is 12. The van der Waals surface area contributed by atoms with Gasteiger partial charge in [-0.25, -0.2) is 4.79 Å². The molecule has 4 aliphatic rings. The smallest absolute Gasteiger partial charge is 0.329 e. The van der Waals surface area contributed by atoms with Gasteiger partial charge in [0.1, 0.15) is 23.7 Å². The van der Waals surface area contributed by atoms with E-state index in [0.717, 1.165) is 4.90 Å². The van der Waals surface area contributed by atoms with Crippen molar-refractivity contribution >= 4 is 29.2 Å². The van der Waals surface area contributed by atoms with Crippen LogP contribution in [0.1, 0.15) is 132 Å². The number of ketones is 3. The molecule has 0 aromatic carbocycles. The molecule has 0 radical (unpaired) electrons. The van der Waals surface area contributed by atoms with Gasteiger partial charge in [-0.3, -0.25) is 19.2 Å². The zero-order chi connectivity index (χ0) is 45.2. The van der Waals surface area contributed by atoms with E-state index in [1.807, 2.05) is 39.0 Å². The summed E-state index contributed by atoms with van der Waals surface area (Å²) in [6.07, 6.45) is 9.72. The molecule has 1 amide bonds. The molecule has 3 fully saturated rings. The largest absolute Gasteiger partial charge is 0.460 e. The Morgan fingerprint density at radius 1 is 0.787 bits per heavy atom. The average molecular weight is 856 g/mol. The van der Waals surface area contributed by atoms with Crippen LogP contribution in [0.15, 0.2) is 47.6 Å². The highest BCUT2D eigenvalue weighted by Crippen LogP contribution is 2.37. The number of nitrogens with zero attached hydrogens (tertiary/aromatic N) is 1. The van der Waals surface area contributed by atoms with Gasteiger partial charge in [-0.2, -0.15) is 0 Å². The molecular weight excluding hydrogens is 783 g/mol. The number of rotatable bonds is 3. The fourth-order valence-corrected chi connectivity index (χ4v) is 9.28.